The van der Waals surface area contributed by atoms with E-state index in [9.17, 15) is 22.9 Å². The van der Waals surface area contributed by atoms with E-state index < -0.39 is 21.8 Å². The topological polar surface area (TPSA) is 130 Å². The molecule has 0 amide bonds. The molecule has 0 bridgehead atoms. The van der Waals surface area contributed by atoms with Gasteiger partial charge in [-0.05, 0) is 12.8 Å². The second-order valence-corrected chi connectivity index (χ2v) is 9.86. The fourth-order valence-electron chi connectivity index (χ4n) is 3.23. The molecule has 0 rings (SSSR count). The average Bonchev–Trinajstić information content (AvgIpc) is 2.74. The molecule has 192 valence electrons. The van der Waals surface area contributed by atoms with E-state index in [1.807, 2.05) is 0 Å². The van der Waals surface area contributed by atoms with Gasteiger partial charge in [-0.2, -0.15) is 0 Å². The Morgan fingerprint density at radius 3 is 1.38 bits per heavy atom. The van der Waals surface area contributed by atoms with Crippen molar-refractivity contribution in [2.75, 3.05) is 18.9 Å². The van der Waals surface area contributed by atoms with Crippen LogP contribution in [0.25, 0.3) is 0 Å². The number of aliphatic hydroxyl groups excluding tert-OH is 1. The first-order chi connectivity index (χ1) is 15.2. The van der Waals surface area contributed by atoms with Gasteiger partial charge in [-0.15, -0.1) is 0 Å². The van der Waals surface area contributed by atoms with Crippen molar-refractivity contribution in [2.45, 2.75) is 116 Å². The minimum atomic E-state index is -4.10. The van der Waals surface area contributed by atoms with E-state index in [4.69, 9.17) is 5.11 Å². The summed E-state index contributed by atoms with van der Waals surface area (Å²) in [6, 6.07) is 0. The first-order valence-electron chi connectivity index (χ1n) is 12.4. The molecule has 0 unspecified atom stereocenters. The van der Waals surface area contributed by atoms with Crippen LogP contribution >= 0.6 is 0 Å². The van der Waals surface area contributed by atoms with Gasteiger partial charge in [-0.25, -0.2) is 8.42 Å². The Kier molecular flexibility index (Phi) is 39.4. The van der Waals surface area contributed by atoms with Gasteiger partial charge in [0.2, 0.25) is 0 Å². The number of rotatable bonds is 22. The number of unbranched alkanes of at least 4 members (excludes halogenated alkanes) is 15. The van der Waals surface area contributed by atoms with Crippen LogP contribution in [0.2, 0.25) is 0 Å². The van der Waals surface area contributed by atoms with Crippen LogP contribution in [-0.4, -0.2) is 43.0 Å². The van der Waals surface area contributed by atoms with Crippen molar-refractivity contribution in [3.05, 3.63) is 12.3 Å². The van der Waals surface area contributed by atoms with Crippen LogP contribution in [0, 0.1) is 0 Å². The molecule has 10 heteroatoms. The Labute approximate surface area is 253 Å². The van der Waals surface area contributed by atoms with Crippen LogP contribution in [0.3, 0.4) is 0 Å². The number of carbonyl (C=O) groups excluding carboxylic acids is 1. The molecule has 0 aromatic rings. The van der Waals surface area contributed by atoms with Crippen molar-refractivity contribution < 1.29 is 87.1 Å². The minimum Gasteiger partial charge on any atom is -0.748 e. The van der Waals surface area contributed by atoms with Gasteiger partial charge in [0.1, 0.15) is 0 Å². The third-order valence-electron chi connectivity index (χ3n) is 5.17. The summed E-state index contributed by atoms with van der Waals surface area (Å²) in [5.41, 5.74) is -0.00374. The number of nitrogens with one attached hydrogen (secondary N) is 1. The zero-order valence-corrected chi connectivity index (χ0v) is 27.1. The molecule has 34 heavy (non-hydrogen) atoms. The van der Waals surface area contributed by atoms with E-state index in [0.717, 1.165) is 12.8 Å². The van der Waals surface area contributed by atoms with Gasteiger partial charge >= 0.3 is 59.1 Å². The summed E-state index contributed by atoms with van der Waals surface area (Å²) in [7, 11) is -4.10. The Morgan fingerprint density at radius 2 is 1.12 bits per heavy atom. The number of hydrogen-bond acceptors (Lipinski definition) is 7. The third-order valence-corrected chi connectivity index (χ3v) is 5.96. The number of carbonyl (C=O) groups is 1. The van der Waals surface area contributed by atoms with Crippen molar-refractivity contribution >= 4 is 16.1 Å². The normalized spacial score (nSPS) is 10.3. The summed E-state index contributed by atoms with van der Waals surface area (Å²) in [4.78, 5) is 10.4. The molecular formula is C24H47NNa2O6S. The monoisotopic (exact) mass is 523 g/mol. The van der Waals surface area contributed by atoms with E-state index in [1.54, 1.807) is 0 Å². The van der Waals surface area contributed by atoms with Crippen molar-refractivity contribution in [3.63, 3.8) is 0 Å². The molecule has 7 nitrogen and oxygen atoms in total. The fourth-order valence-corrected chi connectivity index (χ4v) is 3.71. The minimum absolute atomic E-state index is 0. The molecule has 0 atom stereocenters. The standard InChI is InChI=1S/C21H41NO2.C3H8O4S.2Na/c1-3-4-5-6-7-8-9-10-11-12-13-14-15-16-17-18-19-22-20(2)21(23)24;4-2-1-3-8(5,6)7;;/h22H,2-19H2,1H3,(H,23,24);4H,1-3H2,(H,5,6,7);;/q;;2*+1/p-2. The number of carboxylic acids is 1. The summed E-state index contributed by atoms with van der Waals surface area (Å²) in [6.45, 7) is 6.10. The van der Waals surface area contributed by atoms with Crippen molar-refractivity contribution in [1.29, 1.82) is 0 Å². The number of hydrogen-bond donors (Lipinski definition) is 2. The summed E-state index contributed by atoms with van der Waals surface area (Å²) in [6.07, 6.45) is 21.6. The van der Waals surface area contributed by atoms with Crippen molar-refractivity contribution in [1.82, 2.24) is 5.32 Å². The van der Waals surface area contributed by atoms with E-state index >= 15 is 0 Å². The van der Waals surface area contributed by atoms with Crippen LogP contribution < -0.4 is 69.5 Å². The third kappa shape index (κ3) is 40.1. The molecule has 0 spiro atoms. The molecule has 0 saturated carbocycles. The molecule has 0 saturated heterocycles. The van der Waals surface area contributed by atoms with Gasteiger partial charge in [-0.1, -0.05) is 110 Å². The predicted octanol–water partition coefficient (Wildman–Crippen LogP) is -1.98. The average molecular weight is 524 g/mol. The maximum absolute atomic E-state index is 10.4. The van der Waals surface area contributed by atoms with E-state index in [1.165, 1.54) is 89.9 Å². The second-order valence-electron chi connectivity index (χ2n) is 8.34. The smallest absolute Gasteiger partial charge is 0.748 e. The van der Waals surface area contributed by atoms with Crippen molar-refractivity contribution in [3.8, 4) is 0 Å². The molecule has 0 fully saturated rings. The molecule has 0 aliphatic heterocycles. The Morgan fingerprint density at radius 1 is 0.765 bits per heavy atom. The SMILES string of the molecule is C=C(NCCCCCCCCCCCCCCCCCC)C(=O)[O-].O=S(=O)([O-])CCCO.[Na+].[Na+]. The number of aliphatic hydroxyl groups is 1. The molecule has 0 aromatic heterocycles. The van der Waals surface area contributed by atoms with Gasteiger partial charge in [0.15, 0.2) is 0 Å². The first kappa shape index (κ1) is 42.0. The van der Waals surface area contributed by atoms with Crippen LogP contribution in [-0.2, 0) is 14.9 Å². The largest absolute Gasteiger partial charge is 1.00 e. The van der Waals surface area contributed by atoms with E-state index in [0.29, 0.717) is 6.54 Å². The second kappa shape index (κ2) is 31.9. The van der Waals surface area contributed by atoms with Gasteiger partial charge in [0.05, 0.1) is 16.1 Å². The molecule has 0 radical (unpaired) electrons. The van der Waals surface area contributed by atoms with E-state index in [-0.39, 0.29) is 77.8 Å². The maximum Gasteiger partial charge on any atom is 1.00 e. The summed E-state index contributed by atoms with van der Waals surface area (Å²) < 4.78 is 29.2. The zero-order valence-electron chi connectivity index (χ0n) is 22.2. The van der Waals surface area contributed by atoms with Gasteiger partial charge in [-0.3, -0.25) is 0 Å². The van der Waals surface area contributed by atoms with Crippen LogP contribution in [0.1, 0.15) is 116 Å². The Balaban J connectivity index is -0.000000385. The number of carboxylic acid groups (broad SMARTS) is 1. The Bertz CT molecular complexity index is 548. The van der Waals surface area contributed by atoms with Crippen LogP contribution in [0.4, 0.5) is 0 Å². The Hall–Kier alpha value is 0.880. The molecular weight excluding hydrogens is 476 g/mol. The van der Waals surface area contributed by atoms with Gasteiger partial charge < -0.3 is 24.9 Å². The molecule has 0 aromatic carbocycles. The summed E-state index contributed by atoms with van der Waals surface area (Å²) >= 11 is 0. The molecule has 0 aliphatic carbocycles. The molecule has 0 heterocycles. The van der Waals surface area contributed by atoms with E-state index in [2.05, 4.69) is 18.8 Å². The van der Waals surface area contributed by atoms with Gasteiger partial charge in [0.25, 0.3) is 0 Å². The van der Waals surface area contributed by atoms with Gasteiger partial charge in [0, 0.05) is 24.6 Å². The quantitative estimate of drug-likeness (QED) is 0.0728. The summed E-state index contributed by atoms with van der Waals surface area (Å²) in [5, 5.41) is 21.2. The van der Waals surface area contributed by atoms with Crippen LogP contribution in [0.5, 0.6) is 0 Å². The number of aliphatic carboxylic acids is 1. The predicted molar refractivity (Wildman–Crippen MR) is 128 cm³/mol. The first-order valence-corrected chi connectivity index (χ1v) is 14.0. The maximum atomic E-state index is 10.4. The van der Waals surface area contributed by atoms with Crippen molar-refractivity contribution in [2.24, 2.45) is 0 Å². The molecule has 2 N–H and O–H groups in total. The summed E-state index contributed by atoms with van der Waals surface area (Å²) in [5.74, 6) is -1.67. The fraction of sp³-hybridized carbons (Fsp3) is 0.875. The molecule has 0 aliphatic rings. The zero-order chi connectivity index (χ0) is 24.5. The van der Waals surface area contributed by atoms with Crippen LogP contribution in [0.15, 0.2) is 12.3 Å².